The summed E-state index contributed by atoms with van der Waals surface area (Å²) in [6, 6.07) is 0. The molecule has 0 saturated carbocycles. The number of esters is 1. The summed E-state index contributed by atoms with van der Waals surface area (Å²) in [5.41, 5.74) is 0. The summed E-state index contributed by atoms with van der Waals surface area (Å²) in [6.45, 7) is 5.65. The molecule has 0 saturated heterocycles. The average molecular weight is 941 g/mol. The average Bonchev–Trinajstić information content (AvgIpc) is 3.27. The summed E-state index contributed by atoms with van der Waals surface area (Å²) in [5, 5.41) is 0. The quantitative estimate of drug-likeness (QED) is 0.0213. The maximum Gasteiger partial charge on any atom is 0.472 e. The first-order chi connectivity index (χ1) is 31.6. The molecule has 0 heterocycles. The van der Waals surface area contributed by atoms with Crippen molar-refractivity contribution in [1.82, 2.24) is 0 Å². The molecule has 0 aromatic rings. The zero-order chi connectivity index (χ0) is 47.6. The van der Waals surface area contributed by atoms with Crippen molar-refractivity contribution in [3.8, 4) is 0 Å². The van der Waals surface area contributed by atoms with Crippen molar-refractivity contribution in [2.45, 2.75) is 277 Å². The number of likely N-dealkylation sites (N-methyl/N-ethyl adjacent to an activating group) is 1. The second kappa shape index (κ2) is 49.4. The van der Waals surface area contributed by atoms with E-state index in [2.05, 4.69) is 38.2 Å². The van der Waals surface area contributed by atoms with Crippen LogP contribution in [0.1, 0.15) is 271 Å². The van der Waals surface area contributed by atoms with Gasteiger partial charge < -0.3 is 18.9 Å². The zero-order valence-electron chi connectivity index (χ0n) is 44.0. The second-order valence-electron chi connectivity index (χ2n) is 20.3. The first kappa shape index (κ1) is 64.0. The van der Waals surface area contributed by atoms with Crippen LogP contribution in [0.2, 0.25) is 0 Å². The van der Waals surface area contributed by atoms with Crippen LogP contribution in [0.25, 0.3) is 0 Å². The Morgan fingerprint density at radius 1 is 0.477 bits per heavy atom. The normalized spacial score (nSPS) is 13.6. The third-order valence-electron chi connectivity index (χ3n) is 12.5. The van der Waals surface area contributed by atoms with Crippen molar-refractivity contribution >= 4 is 13.8 Å². The summed E-state index contributed by atoms with van der Waals surface area (Å²) in [5.74, 6) is -0.309. The van der Waals surface area contributed by atoms with E-state index in [9.17, 15) is 14.3 Å². The van der Waals surface area contributed by atoms with Gasteiger partial charge in [0.15, 0.2) is 0 Å². The Morgan fingerprint density at radius 3 is 1.28 bits per heavy atom. The smallest absolute Gasteiger partial charge is 0.457 e. The number of nitrogens with zero attached hydrogens (tertiary/aromatic N) is 1. The lowest BCUT2D eigenvalue weighted by Gasteiger charge is -2.24. The van der Waals surface area contributed by atoms with E-state index in [1.54, 1.807) is 0 Å². The molecule has 0 aliphatic rings. The lowest BCUT2D eigenvalue weighted by Crippen LogP contribution is -2.37. The zero-order valence-corrected chi connectivity index (χ0v) is 44.9. The Balaban J connectivity index is 4.03. The predicted octanol–water partition coefficient (Wildman–Crippen LogP) is 17.5. The number of carbonyl (C=O) groups is 1. The minimum Gasteiger partial charge on any atom is -0.457 e. The van der Waals surface area contributed by atoms with Crippen molar-refractivity contribution in [2.75, 3.05) is 54.1 Å². The number of phosphoric ester groups is 1. The molecule has 0 spiro atoms. The fraction of sp³-hybridized carbons (Fsp3) is 0.911. The van der Waals surface area contributed by atoms with Crippen molar-refractivity contribution in [1.29, 1.82) is 0 Å². The molecule has 9 heteroatoms. The molecule has 0 fully saturated rings. The molecule has 0 aliphatic carbocycles. The van der Waals surface area contributed by atoms with Gasteiger partial charge in [-0.05, 0) is 44.9 Å². The van der Waals surface area contributed by atoms with Crippen molar-refractivity contribution < 1.29 is 37.3 Å². The van der Waals surface area contributed by atoms with Crippen LogP contribution in [0.15, 0.2) is 24.3 Å². The molecule has 2 atom stereocenters. The molecule has 0 aliphatic heterocycles. The van der Waals surface area contributed by atoms with Gasteiger partial charge in [0, 0.05) is 13.0 Å². The van der Waals surface area contributed by atoms with Crippen molar-refractivity contribution in [2.24, 2.45) is 0 Å². The number of ether oxygens (including phenoxy) is 2. The number of phosphoric acid groups is 1. The molecule has 2 unspecified atom stereocenters. The Kier molecular flexibility index (Phi) is 48.6. The third-order valence-corrected chi connectivity index (χ3v) is 13.5. The molecule has 0 amide bonds. The monoisotopic (exact) mass is 941 g/mol. The van der Waals surface area contributed by atoms with E-state index in [-0.39, 0.29) is 25.8 Å². The van der Waals surface area contributed by atoms with Crippen LogP contribution >= 0.6 is 7.82 Å². The molecule has 0 radical (unpaired) electrons. The summed E-state index contributed by atoms with van der Waals surface area (Å²) in [4.78, 5) is 23.1. The maximum absolute atomic E-state index is 12.8. The highest BCUT2D eigenvalue weighted by Crippen LogP contribution is 2.43. The van der Waals surface area contributed by atoms with Crippen LogP contribution in [0.3, 0.4) is 0 Å². The van der Waals surface area contributed by atoms with Gasteiger partial charge in [-0.1, -0.05) is 244 Å². The number of hydrogen-bond donors (Lipinski definition) is 1. The van der Waals surface area contributed by atoms with Crippen LogP contribution in [0, 0.1) is 0 Å². The van der Waals surface area contributed by atoms with Gasteiger partial charge in [0.05, 0.1) is 34.4 Å². The molecule has 65 heavy (non-hydrogen) atoms. The minimum absolute atomic E-state index is 0.0898. The van der Waals surface area contributed by atoms with E-state index >= 15 is 0 Å². The van der Waals surface area contributed by atoms with Gasteiger partial charge in [-0.25, -0.2) is 4.57 Å². The van der Waals surface area contributed by atoms with Gasteiger partial charge in [-0.15, -0.1) is 0 Å². The molecule has 8 nitrogen and oxygen atoms in total. The number of carbonyl (C=O) groups excluding carboxylic acids is 1. The minimum atomic E-state index is -4.28. The van der Waals surface area contributed by atoms with E-state index in [1.165, 1.54) is 212 Å². The standard InChI is InChI=1S/C56H110NO7P/c1-6-8-10-12-14-16-18-20-22-24-26-27-28-29-30-31-32-33-35-37-39-41-43-45-47-49-56(58)64-55(54-63-65(59,60)62-52-50-57(3,4)5)53-61-51-48-46-44-42-40-38-36-34-25-23-21-19-17-15-13-11-9-7-2/h15,17,21,23,55H,6-14,16,18-20,22,24-54H2,1-5H3/p+1/b17-15-,23-21-. The van der Waals surface area contributed by atoms with Crippen LogP contribution in [-0.2, 0) is 27.9 Å². The van der Waals surface area contributed by atoms with Gasteiger partial charge in [-0.3, -0.25) is 13.8 Å². The summed E-state index contributed by atoms with van der Waals surface area (Å²) in [7, 11) is 1.68. The lowest BCUT2D eigenvalue weighted by molar-refractivity contribution is -0.870. The molecule has 0 aromatic heterocycles. The number of unbranched alkanes of at least 4 members (excludes halogenated alkanes) is 35. The number of allylic oxidation sites excluding steroid dienone is 4. The van der Waals surface area contributed by atoms with Crippen LogP contribution in [-0.4, -0.2) is 75.6 Å². The van der Waals surface area contributed by atoms with Gasteiger partial charge in [-0.2, -0.15) is 0 Å². The van der Waals surface area contributed by atoms with E-state index in [1.807, 2.05) is 21.1 Å². The highest BCUT2D eigenvalue weighted by Gasteiger charge is 2.26. The first-order valence-corrected chi connectivity index (χ1v) is 29.6. The number of hydrogen-bond acceptors (Lipinski definition) is 6. The Bertz CT molecular complexity index is 1090. The highest BCUT2D eigenvalue weighted by molar-refractivity contribution is 7.47. The van der Waals surface area contributed by atoms with Crippen LogP contribution in [0.5, 0.6) is 0 Å². The molecular weight excluding hydrogens is 830 g/mol. The largest absolute Gasteiger partial charge is 0.472 e. The molecule has 0 rings (SSSR count). The van der Waals surface area contributed by atoms with E-state index in [0.717, 1.165) is 38.5 Å². The highest BCUT2D eigenvalue weighted by atomic mass is 31.2. The van der Waals surface area contributed by atoms with Gasteiger partial charge >= 0.3 is 13.8 Å². The Labute approximate surface area is 404 Å². The summed E-state index contributed by atoms with van der Waals surface area (Å²) in [6.07, 6.45) is 59.5. The topological polar surface area (TPSA) is 91.3 Å². The molecule has 0 aromatic carbocycles. The Hall–Kier alpha value is -1.02. The van der Waals surface area contributed by atoms with E-state index in [0.29, 0.717) is 24.1 Å². The van der Waals surface area contributed by atoms with Crippen molar-refractivity contribution in [3.05, 3.63) is 24.3 Å². The van der Waals surface area contributed by atoms with Crippen molar-refractivity contribution in [3.63, 3.8) is 0 Å². The van der Waals surface area contributed by atoms with E-state index in [4.69, 9.17) is 18.5 Å². The fourth-order valence-electron chi connectivity index (χ4n) is 8.17. The maximum atomic E-state index is 12.8. The Morgan fingerprint density at radius 2 is 0.846 bits per heavy atom. The molecule has 386 valence electrons. The van der Waals surface area contributed by atoms with Crippen LogP contribution in [0.4, 0.5) is 0 Å². The fourth-order valence-corrected chi connectivity index (χ4v) is 8.92. The van der Waals surface area contributed by atoms with Gasteiger partial charge in [0.25, 0.3) is 0 Å². The second-order valence-corrected chi connectivity index (χ2v) is 21.8. The lowest BCUT2D eigenvalue weighted by atomic mass is 10.0. The number of rotatable bonds is 53. The summed E-state index contributed by atoms with van der Waals surface area (Å²) < 4.78 is 35.2. The van der Waals surface area contributed by atoms with Crippen LogP contribution < -0.4 is 0 Å². The first-order valence-electron chi connectivity index (χ1n) is 28.1. The predicted molar refractivity (Wildman–Crippen MR) is 280 cm³/mol. The molecule has 0 bridgehead atoms. The summed E-state index contributed by atoms with van der Waals surface area (Å²) >= 11 is 0. The SMILES string of the molecule is CCCCC/C=C\C/C=C\CCCCCCCCCCOCC(COP(=O)(O)OCC[N+](C)(C)C)OC(=O)CCCCCCCCCCCCCCCCCCCCCCCCCCC. The number of quaternary nitrogens is 1. The van der Waals surface area contributed by atoms with Gasteiger partial charge in [0.1, 0.15) is 19.3 Å². The van der Waals surface area contributed by atoms with Gasteiger partial charge in [0.2, 0.25) is 0 Å². The van der Waals surface area contributed by atoms with E-state index < -0.39 is 13.9 Å². The molecular formula is C56H111NO7P+. The molecule has 1 N–H and O–H groups in total. The third kappa shape index (κ3) is 53.8.